The lowest BCUT2D eigenvalue weighted by molar-refractivity contribution is -0.117. The van der Waals surface area contributed by atoms with Crippen molar-refractivity contribution in [2.24, 2.45) is 0 Å². The molecule has 35 heavy (non-hydrogen) atoms. The van der Waals surface area contributed by atoms with Crippen LogP contribution in [0.3, 0.4) is 0 Å². The number of hydrogen-bond donors (Lipinski definition) is 0. The molecular weight excluding hydrogens is 438 g/mol. The minimum atomic E-state index is -0.366. The summed E-state index contributed by atoms with van der Waals surface area (Å²) in [5.41, 5.74) is 5.79. The van der Waals surface area contributed by atoms with Gasteiger partial charge in [-0.2, -0.15) is 0 Å². The zero-order valence-corrected chi connectivity index (χ0v) is 20.2. The van der Waals surface area contributed by atoms with Crippen LogP contribution in [0.4, 0.5) is 0 Å². The van der Waals surface area contributed by atoms with Gasteiger partial charge in [0.05, 0.1) is 7.11 Å². The Morgan fingerprint density at radius 3 is 2.17 bits per heavy atom. The fraction of sp³-hybridized carbons (Fsp3) is 0.333. The summed E-state index contributed by atoms with van der Waals surface area (Å²) in [5.74, 6) is 1.13. The lowest BCUT2D eigenvalue weighted by Gasteiger charge is -2.44. The molecule has 0 saturated carbocycles. The summed E-state index contributed by atoms with van der Waals surface area (Å²) in [4.78, 5) is 29.2. The number of rotatable bonds is 7. The van der Waals surface area contributed by atoms with Gasteiger partial charge in [-0.1, -0.05) is 49.1 Å². The average Bonchev–Trinajstić information content (AvgIpc) is 2.89. The number of carbonyl (C=O) groups is 2. The largest absolute Gasteiger partial charge is 0.493 e. The number of methoxy groups -OCH3 is 1. The van der Waals surface area contributed by atoms with Crippen LogP contribution in [0.2, 0.25) is 0 Å². The topological polar surface area (TPSA) is 55.8 Å². The number of ether oxygens (including phenoxy) is 2. The molecule has 0 atom stereocenters. The smallest absolute Gasteiger partial charge is 0.161 e. The molecule has 2 aromatic carbocycles. The van der Waals surface area contributed by atoms with Crippen LogP contribution in [0, 0.1) is 0 Å². The molecule has 5 heteroatoms. The molecule has 5 rings (SSSR count). The maximum atomic E-state index is 13.5. The predicted octanol–water partition coefficient (Wildman–Crippen LogP) is 5.87. The van der Waals surface area contributed by atoms with E-state index in [0.29, 0.717) is 37.5 Å². The lowest BCUT2D eigenvalue weighted by atomic mass is 9.71. The summed E-state index contributed by atoms with van der Waals surface area (Å²) in [7, 11) is 1.61. The normalized spacial score (nSPS) is 18.4. The van der Waals surface area contributed by atoms with Gasteiger partial charge < -0.3 is 14.4 Å². The number of carbonyl (C=O) groups excluding carboxylic acids is 2. The Morgan fingerprint density at radius 2 is 1.57 bits per heavy atom. The van der Waals surface area contributed by atoms with Gasteiger partial charge >= 0.3 is 0 Å². The van der Waals surface area contributed by atoms with E-state index in [4.69, 9.17) is 9.47 Å². The maximum Gasteiger partial charge on any atom is 0.161 e. The number of hydrogen-bond acceptors (Lipinski definition) is 5. The Kier molecular flexibility index (Phi) is 6.58. The molecule has 180 valence electrons. The van der Waals surface area contributed by atoms with Crippen molar-refractivity contribution in [1.82, 2.24) is 4.90 Å². The van der Waals surface area contributed by atoms with Gasteiger partial charge in [-0.15, -0.1) is 0 Å². The van der Waals surface area contributed by atoms with Crippen LogP contribution in [0.5, 0.6) is 11.5 Å². The molecule has 0 N–H and O–H groups in total. The van der Waals surface area contributed by atoms with Crippen molar-refractivity contribution >= 4 is 11.6 Å². The molecule has 0 spiro atoms. The van der Waals surface area contributed by atoms with Crippen molar-refractivity contribution in [3.8, 4) is 11.5 Å². The molecule has 0 fully saturated rings. The molecule has 1 aliphatic heterocycles. The first-order valence-corrected chi connectivity index (χ1v) is 12.4. The molecule has 0 unspecified atom stereocenters. The first-order valence-electron chi connectivity index (χ1n) is 12.4. The van der Waals surface area contributed by atoms with E-state index < -0.39 is 0 Å². The van der Waals surface area contributed by atoms with E-state index in [1.54, 1.807) is 13.2 Å². The Balaban J connectivity index is 1.66. The van der Waals surface area contributed by atoms with E-state index in [2.05, 4.69) is 23.6 Å². The van der Waals surface area contributed by atoms with Crippen molar-refractivity contribution < 1.29 is 19.1 Å². The number of Topliss-reactive ketones (excluding diaryl/α,β-unsaturated/α-hetero) is 2. The third-order valence-electron chi connectivity index (χ3n) is 7.15. The Hall–Kier alpha value is -3.60. The summed E-state index contributed by atoms with van der Waals surface area (Å²) in [6.45, 7) is 4.75. The summed E-state index contributed by atoms with van der Waals surface area (Å²) in [6, 6.07) is 16.1. The molecule has 0 radical (unpaired) electrons. The number of ketones is 2. The van der Waals surface area contributed by atoms with Crippen molar-refractivity contribution in [3.63, 3.8) is 0 Å². The highest BCUT2D eigenvalue weighted by atomic mass is 16.5. The summed E-state index contributed by atoms with van der Waals surface area (Å²) in [6.07, 6.45) is 6.07. The van der Waals surface area contributed by atoms with Crippen LogP contribution in [0.15, 0.2) is 83.7 Å². The van der Waals surface area contributed by atoms with E-state index in [1.165, 1.54) is 5.56 Å². The van der Waals surface area contributed by atoms with E-state index in [0.717, 1.165) is 53.8 Å². The first-order chi connectivity index (χ1) is 17.1. The molecule has 0 aromatic heterocycles. The van der Waals surface area contributed by atoms with Gasteiger partial charge in [0.15, 0.2) is 23.1 Å². The van der Waals surface area contributed by atoms with E-state index in [1.807, 2.05) is 36.4 Å². The molecule has 5 nitrogen and oxygen atoms in total. The lowest BCUT2D eigenvalue weighted by Crippen LogP contribution is -2.38. The van der Waals surface area contributed by atoms with Crippen molar-refractivity contribution in [3.05, 3.63) is 94.9 Å². The van der Waals surface area contributed by atoms with Crippen LogP contribution in [-0.2, 0) is 16.1 Å². The highest BCUT2D eigenvalue weighted by Crippen LogP contribution is 2.50. The second-order valence-corrected chi connectivity index (χ2v) is 9.29. The molecule has 0 amide bonds. The van der Waals surface area contributed by atoms with Crippen molar-refractivity contribution in [1.29, 1.82) is 0 Å². The summed E-state index contributed by atoms with van der Waals surface area (Å²) >= 11 is 0. The monoisotopic (exact) mass is 469 g/mol. The van der Waals surface area contributed by atoms with Crippen LogP contribution < -0.4 is 9.47 Å². The van der Waals surface area contributed by atoms with E-state index in [9.17, 15) is 9.59 Å². The highest BCUT2D eigenvalue weighted by molar-refractivity contribution is 6.06. The van der Waals surface area contributed by atoms with Crippen LogP contribution in [-0.4, -0.2) is 30.2 Å². The summed E-state index contributed by atoms with van der Waals surface area (Å²) in [5, 5.41) is 0. The second kappa shape index (κ2) is 9.95. The van der Waals surface area contributed by atoms with Crippen LogP contribution in [0.25, 0.3) is 0 Å². The van der Waals surface area contributed by atoms with Crippen molar-refractivity contribution in [2.45, 2.75) is 51.0 Å². The molecular formula is C30H31NO4. The fourth-order valence-electron chi connectivity index (χ4n) is 5.64. The minimum absolute atomic E-state index is 0.144. The third-order valence-corrected chi connectivity index (χ3v) is 7.15. The molecule has 0 saturated heterocycles. The zero-order chi connectivity index (χ0) is 24.4. The number of nitrogens with zero attached hydrogens (tertiary/aromatic N) is 1. The second-order valence-electron chi connectivity index (χ2n) is 9.29. The SMILES string of the molecule is C=CCOc1ccc(C2C3=C(CCCC3=O)N(Cc3ccccc3)C3=C2C(=O)CCC3)cc1OC. The van der Waals surface area contributed by atoms with Gasteiger partial charge in [0.1, 0.15) is 6.61 Å². The van der Waals surface area contributed by atoms with Gasteiger partial charge in [0.25, 0.3) is 0 Å². The number of allylic oxidation sites excluding steroid dienone is 4. The fourth-order valence-corrected chi connectivity index (χ4v) is 5.64. The average molecular weight is 470 g/mol. The van der Waals surface area contributed by atoms with E-state index in [-0.39, 0.29) is 17.5 Å². The molecule has 2 aliphatic carbocycles. The van der Waals surface area contributed by atoms with Gasteiger partial charge in [0.2, 0.25) is 0 Å². The molecule has 3 aliphatic rings. The first kappa shape index (κ1) is 23.2. The Morgan fingerprint density at radius 1 is 0.914 bits per heavy atom. The quantitative estimate of drug-likeness (QED) is 0.475. The van der Waals surface area contributed by atoms with Crippen LogP contribution in [0.1, 0.15) is 55.6 Å². The minimum Gasteiger partial charge on any atom is -0.493 e. The zero-order valence-electron chi connectivity index (χ0n) is 20.2. The molecule has 2 aromatic rings. The third kappa shape index (κ3) is 4.31. The van der Waals surface area contributed by atoms with Gasteiger partial charge in [0, 0.05) is 47.8 Å². The molecule has 0 bridgehead atoms. The predicted molar refractivity (Wildman–Crippen MR) is 135 cm³/mol. The van der Waals surface area contributed by atoms with Crippen LogP contribution >= 0.6 is 0 Å². The summed E-state index contributed by atoms with van der Waals surface area (Å²) < 4.78 is 11.4. The van der Waals surface area contributed by atoms with Crippen molar-refractivity contribution in [2.75, 3.05) is 13.7 Å². The van der Waals surface area contributed by atoms with Gasteiger partial charge in [-0.3, -0.25) is 9.59 Å². The Bertz CT molecular complexity index is 1180. The van der Waals surface area contributed by atoms with Gasteiger partial charge in [-0.25, -0.2) is 0 Å². The maximum absolute atomic E-state index is 13.5. The number of benzene rings is 2. The van der Waals surface area contributed by atoms with Gasteiger partial charge in [-0.05, 0) is 48.9 Å². The highest BCUT2D eigenvalue weighted by Gasteiger charge is 2.43. The van der Waals surface area contributed by atoms with E-state index >= 15 is 0 Å². The Labute approximate surface area is 206 Å². The standard InChI is InChI=1S/C30H31NO4/c1-3-17-35-26-16-15-21(18-27(26)34-2)28-29-22(11-7-13-24(29)32)31(19-20-9-5-4-6-10-20)23-12-8-14-25(33)30(23)28/h3-6,9-10,15-16,18,28H,1,7-8,11-14,17,19H2,2H3. The molecule has 1 heterocycles.